The van der Waals surface area contributed by atoms with Crippen LogP contribution in [0.5, 0.6) is 0 Å². The fraction of sp³-hybridized carbons (Fsp3) is 0.833. The van der Waals surface area contributed by atoms with Crippen LogP contribution < -0.4 is 5.73 Å². The van der Waals surface area contributed by atoms with Crippen LogP contribution in [0, 0.1) is 0 Å². The summed E-state index contributed by atoms with van der Waals surface area (Å²) in [5.74, 6) is 0. The van der Waals surface area contributed by atoms with Gasteiger partial charge >= 0.3 is 6.09 Å². The first-order chi connectivity index (χ1) is 4.61. The standard InChI is InChI=1S/C6H12N2O2/c1-4-2-5(7)3-8(4)6(9)10/h4-5H,2-3,7H2,1H3,(H,9,10)/t4-,5+/m0/s1. The van der Waals surface area contributed by atoms with Gasteiger partial charge in [0.15, 0.2) is 0 Å². The zero-order valence-electron chi connectivity index (χ0n) is 5.95. The van der Waals surface area contributed by atoms with E-state index in [0.717, 1.165) is 6.42 Å². The van der Waals surface area contributed by atoms with Crippen molar-refractivity contribution in [3.05, 3.63) is 0 Å². The summed E-state index contributed by atoms with van der Waals surface area (Å²) in [6, 6.07) is 0.124. The molecule has 1 fully saturated rings. The van der Waals surface area contributed by atoms with Crippen molar-refractivity contribution in [2.45, 2.75) is 25.4 Å². The molecule has 2 atom stereocenters. The van der Waals surface area contributed by atoms with Crippen molar-refractivity contribution < 1.29 is 9.90 Å². The molecule has 0 spiro atoms. The predicted molar refractivity (Wildman–Crippen MR) is 36.8 cm³/mol. The van der Waals surface area contributed by atoms with Crippen molar-refractivity contribution >= 4 is 6.09 Å². The lowest BCUT2D eigenvalue weighted by Gasteiger charge is -2.15. The minimum absolute atomic E-state index is 0.0334. The highest BCUT2D eigenvalue weighted by Gasteiger charge is 2.29. The van der Waals surface area contributed by atoms with Gasteiger partial charge in [-0.05, 0) is 13.3 Å². The van der Waals surface area contributed by atoms with E-state index in [4.69, 9.17) is 10.8 Å². The smallest absolute Gasteiger partial charge is 0.407 e. The molecule has 0 aromatic heterocycles. The van der Waals surface area contributed by atoms with Gasteiger partial charge in [-0.25, -0.2) is 4.79 Å². The summed E-state index contributed by atoms with van der Waals surface area (Å²) >= 11 is 0. The molecule has 10 heavy (non-hydrogen) atoms. The van der Waals surface area contributed by atoms with Gasteiger partial charge in [-0.15, -0.1) is 0 Å². The molecule has 3 N–H and O–H groups in total. The second-order valence-electron chi connectivity index (χ2n) is 2.78. The third-order valence-electron chi connectivity index (χ3n) is 1.85. The van der Waals surface area contributed by atoms with Gasteiger partial charge in [-0.2, -0.15) is 0 Å². The first-order valence-electron chi connectivity index (χ1n) is 3.36. The molecule has 58 valence electrons. The second kappa shape index (κ2) is 2.46. The average molecular weight is 144 g/mol. The average Bonchev–Trinajstić information content (AvgIpc) is 2.10. The summed E-state index contributed by atoms with van der Waals surface area (Å²) in [5.41, 5.74) is 5.55. The lowest BCUT2D eigenvalue weighted by atomic mass is 10.2. The zero-order chi connectivity index (χ0) is 7.72. The Hall–Kier alpha value is -0.770. The number of hydrogen-bond acceptors (Lipinski definition) is 2. The van der Waals surface area contributed by atoms with Crippen LogP contribution >= 0.6 is 0 Å². The monoisotopic (exact) mass is 144 g/mol. The Morgan fingerprint density at radius 1 is 1.80 bits per heavy atom. The van der Waals surface area contributed by atoms with E-state index in [2.05, 4.69) is 0 Å². The highest BCUT2D eigenvalue weighted by atomic mass is 16.4. The molecule has 0 aliphatic carbocycles. The third kappa shape index (κ3) is 1.21. The second-order valence-corrected chi connectivity index (χ2v) is 2.78. The van der Waals surface area contributed by atoms with Crippen molar-refractivity contribution in [1.29, 1.82) is 0 Å². The fourth-order valence-electron chi connectivity index (χ4n) is 1.34. The molecular formula is C6H12N2O2. The molecule has 1 saturated heterocycles. The Morgan fingerprint density at radius 2 is 2.40 bits per heavy atom. The van der Waals surface area contributed by atoms with Crippen molar-refractivity contribution in [3.8, 4) is 0 Å². The summed E-state index contributed by atoms with van der Waals surface area (Å²) < 4.78 is 0. The first kappa shape index (κ1) is 7.34. The molecule has 0 aromatic rings. The van der Waals surface area contributed by atoms with E-state index < -0.39 is 6.09 Å². The summed E-state index contributed by atoms with van der Waals surface area (Å²) in [4.78, 5) is 11.8. The summed E-state index contributed by atoms with van der Waals surface area (Å²) in [6.45, 7) is 2.36. The van der Waals surface area contributed by atoms with Gasteiger partial charge in [0.1, 0.15) is 0 Å². The number of carboxylic acid groups (broad SMARTS) is 1. The summed E-state index contributed by atoms with van der Waals surface area (Å²) in [7, 11) is 0. The molecule has 1 aliphatic heterocycles. The molecule has 1 amide bonds. The van der Waals surface area contributed by atoms with Crippen molar-refractivity contribution in [3.63, 3.8) is 0 Å². The number of likely N-dealkylation sites (tertiary alicyclic amines) is 1. The minimum atomic E-state index is -0.861. The maximum Gasteiger partial charge on any atom is 0.407 e. The minimum Gasteiger partial charge on any atom is -0.465 e. The number of nitrogens with two attached hydrogens (primary N) is 1. The van der Waals surface area contributed by atoms with Crippen LogP contribution in [-0.4, -0.2) is 34.7 Å². The van der Waals surface area contributed by atoms with Gasteiger partial charge in [0, 0.05) is 18.6 Å². The predicted octanol–water partition coefficient (Wildman–Crippen LogP) is 0.0859. The molecule has 0 radical (unpaired) electrons. The van der Waals surface area contributed by atoms with Crippen LogP contribution in [-0.2, 0) is 0 Å². The van der Waals surface area contributed by atoms with Crippen LogP contribution in [0.4, 0.5) is 4.79 Å². The number of carbonyl (C=O) groups is 1. The Kier molecular flexibility index (Phi) is 1.80. The molecule has 1 rings (SSSR count). The highest BCUT2D eigenvalue weighted by molar-refractivity contribution is 5.65. The van der Waals surface area contributed by atoms with Crippen molar-refractivity contribution in [1.82, 2.24) is 4.90 Å². The van der Waals surface area contributed by atoms with Gasteiger partial charge in [-0.1, -0.05) is 0 Å². The number of hydrogen-bond donors (Lipinski definition) is 2. The maximum absolute atomic E-state index is 10.4. The molecule has 1 aliphatic rings. The molecule has 4 nitrogen and oxygen atoms in total. The van der Waals surface area contributed by atoms with Gasteiger partial charge in [0.2, 0.25) is 0 Å². The SMILES string of the molecule is C[C@H]1C[C@@H](N)CN1C(=O)O. The van der Waals surface area contributed by atoms with E-state index in [1.165, 1.54) is 4.90 Å². The lowest BCUT2D eigenvalue weighted by molar-refractivity contribution is 0.143. The van der Waals surface area contributed by atoms with Gasteiger partial charge in [-0.3, -0.25) is 0 Å². The van der Waals surface area contributed by atoms with Crippen LogP contribution in [0.2, 0.25) is 0 Å². The van der Waals surface area contributed by atoms with E-state index in [0.29, 0.717) is 6.54 Å². The van der Waals surface area contributed by atoms with E-state index in [1.807, 2.05) is 6.92 Å². The fourth-order valence-corrected chi connectivity index (χ4v) is 1.34. The Balaban J connectivity index is 2.54. The van der Waals surface area contributed by atoms with Crippen LogP contribution in [0.1, 0.15) is 13.3 Å². The molecule has 0 aromatic carbocycles. The molecule has 0 unspecified atom stereocenters. The Bertz CT molecular complexity index is 149. The Labute approximate surface area is 59.6 Å². The Morgan fingerprint density at radius 3 is 2.60 bits per heavy atom. The number of nitrogens with zero attached hydrogens (tertiary/aromatic N) is 1. The van der Waals surface area contributed by atoms with E-state index in [9.17, 15) is 4.79 Å². The van der Waals surface area contributed by atoms with Crippen LogP contribution in [0.25, 0.3) is 0 Å². The normalized spacial score (nSPS) is 32.8. The highest BCUT2D eigenvalue weighted by Crippen LogP contribution is 2.14. The number of rotatable bonds is 0. The topological polar surface area (TPSA) is 66.6 Å². The molecular weight excluding hydrogens is 132 g/mol. The quantitative estimate of drug-likeness (QED) is 0.506. The molecule has 0 bridgehead atoms. The third-order valence-corrected chi connectivity index (χ3v) is 1.85. The van der Waals surface area contributed by atoms with E-state index in [1.54, 1.807) is 0 Å². The van der Waals surface area contributed by atoms with Gasteiger partial charge in [0.25, 0.3) is 0 Å². The zero-order valence-corrected chi connectivity index (χ0v) is 5.95. The van der Waals surface area contributed by atoms with E-state index >= 15 is 0 Å². The summed E-state index contributed by atoms with van der Waals surface area (Å²) in [6.07, 6.45) is -0.0767. The van der Waals surface area contributed by atoms with Crippen molar-refractivity contribution in [2.75, 3.05) is 6.54 Å². The molecule has 0 saturated carbocycles. The van der Waals surface area contributed by atoms with Crippen molar-refractivity contribution in [2.24, 2.45) is 5.73 Å². The van der Waals surface area contributed by atoms with Gasteiger partial charge < -0.3 is 15.7 Å². The summed E-state index contributed by atoms with van der Waals surface area (Å²) in [5, 5.41) is 8.57. The van der Waals surface area contributed by atoms with E-state index in [-0.39, 0.29) is 12.1 Å². The van der Waals surface area contributed by atoms with Crippen LogP contribution in [0.3, 0.4) is 0 Å². The van der Waals surface area contributed by atoms with Crippen LogP contribution in [0.15, 0.2) is 0 Å². The molecule has 4 heteroatoms. The lowest BCUT2D eigenvalue weighted by Crippen LogP contribution is -2.33. The number of amides is 1. The largest absolute Gasteiger partial charge is 0.465 e. The maximum atomic E-state index is 10.4. The first-order valence-corrected chi connectivity index (χ1v) is 3.36. The van der Waals surface area contributed by atoms with Gasteiger partial charge in [0.05, 0.1) is 0 Å². The molecule has 1 heterocycles.